The number of aromatic nitrogens is 1. The van der Waals surface area contributed by atoms with Crippen LogP contribution in [0.1, 0.15) is 52.6 Å². The van der Waals surface area contributed by atoms with Gasteiger partial charge >= 0.3 is 5.97 Å². The number of aromatic amines is 1. The third kappa shape index (κ3) is 5.48. The summed E-state index contributed by atoms with van der Waals surface area (Å²) >= 11 is 0. The standard InChI is InChI=1S/C21H28N2O3/c1-4-26-21(25)20-15(2)18(23-16(20)3)12-13-19(24)22-14-8-11-17-9-6-5-7-10-17/h5-7,9-10,23H,4,8,11-14H2,1-3H3,(H,22,24). The monoisotopic (exact) mass is 356 g/mol. The molecular weight excluding hydrogens is 328 g/mol. The van der Waals surface area contributed by atoms with E-state index < -0.39 is 0 Å². The Hall–Kier alpha value is -2.56. The van der Waals surface area contributed by atoms with E-state index >= 15 is 0 Å². The van der Waals surface area contributed by atoms with E-state index in [2.05, 4.69) is 22.4 Å². The number of esters is 1. The van der Waals surface area contributed by atoms with E-state index in [0.717, 1.165) is 29.8 Å². The summed E-state index contributed by atoms with van der Waals surface area (Å²) in [7, 11) is 0. The molecule has 0 saturated carbocycles. The summed E-state index contributed by atoms with van der Waals surface area (Å²) in [5.74, 6) is -0.280. The number of hydrogen-bond donors (Lipinski definition) is 2. The highest BCUT2D eigenvalue weighted by atomic mass is 16.5. The quantitative estimate of drug-likeness (QED) is 0.534. The number of ether oxygens (including phenoxy) is 1. The van der Waals surface area contributed by atoms with E-state index in [4.69, 9.17) is 4.74 Å². The molecule has 26 heavy (non-hydrogen) atoms. The number of benzene rings is 1. The van der Waals surface area contributed by atoms with Crippen LogP contribution >= 0.6 is 0 Å². The van der Waals surface area contributed by atoms with Crippen molar-refractivity contribution >= 4 is 11.9 Å². The highest BCUT2D eigenvalue weighted by molar-refractivity contribution is 5.92. The Balaban J connectivity index is 1.77. The number of carbonyl (C=O) groups excluding carboxylic acids is 2. The van der Waals surface area contributed by atoms with Crippen LogP contribution in [0.4, 0.5) is 0 Å². The van der Waals surface area contributed by atoms with E-state index in [1.54, 1.807) is 6.92 Å². The molecule has 1 amide bonds. The Kier molecular flexibility index (Phi) is 7.45. The molecule has 0 bridgehead atoms. The summed E-state index contributed by atoms with van der Waals surface area (Å²) in [6.07, 6.45) is 2.85. The van der Waals surface area contributed by atoms with Crippen LogP contribution in [-0.2, 0) is 22.4 Å². The van der Waals surface area contributed by atoms with Crippen molar-refractivity contribution in [1.29, 1.82) is 0 Å². The maximum atomic E-state index is 12.1. The molecule has 0 aliphatic heterocycles. The van der Waals surface area contributed by atoms with Crippen LogP contribution in [0.3, 0.4) is 0 Å². The van der Waals surface area contributed by atoms with Crippen LogP contribution in [0.15, 0.2) is 30.3 Å². The molecule has 0 radical (unpaired) electrons. The third-order valence-electron chi connectivity index (χ3n) is 4.43. The predicted octanol–water partition coefficient (Wildman–Crippen LogP) is 3.49. The maximum absolute atomic E-state index is 12.1. The Bertz CT molecular complexity index is 735. The second kappa shape index (κ2) is 9.80. The van der Waals surface area contributed by atoms with Gasteiger partial charge < -0.3 is 15.0 Å². The number of aryl methyl sites for hydroxylation is 3. The van der Waals surface area contributed by atoms with Crippen molar-refractivity contribution in [2.75, 3.05) is 13.2 Å². The minimum atomic E-state index is -0.310. The van der Waals surface area contributed by atoms with Gasteiger partial charge in [0.15, 0.2) is 0 Å². The fourth-order valence-corrected chi connectivity index (χ4v) is 3.07. The fraction of sp³-hybridized carbons (Fsp3) is 0.429. The Morgan fingerprint density at radius 2 is 1.85 bits per heavy atom. The molecule has 0 spiro atoms. The predicted molar refractivity (Wildman–Crippen MR) is 102 cm³/mol. The van der Waals surface area contributed by atoms with Crippen LogP contribution in [-0.4, -0.2) is 30.0 Å². The van der Waals surface area contributed by atoms with E-state index in [1.165, 1.54) is 5.56 Å². The zero-order valence-electron chi connectivity index (χ0n) is 15.9. The Morgan fingerprint density at radius 1 is 1.12 bits per heavy atom. The lowest BCUT2D eigenvalue weighted by Crippen LogP contribution is -2.25. The molecule has 2 aromatic rings. The second-order valence-corrected chi connectivity index (χ2v) is 6.39. The van der Waals surface area contributed by atoms with Gasteiger partial charge in [-0.25, -0.2) is 4.79 Å². The molecule has 5 nitrogen and oxygen atoms in total. The first-order chi connectivity index (χ1) is 12.5. The molecule has 0 unspecified atom stereocenters. The van der Waals surface area contributed by atoms with Gasteiger partial charge in [0.1, 0.15) is 0 Å². The topological polar surface area (TPSA) is 71.2 Å². The number of nitrogens with one attached hydrogen (secondary N) is 2. The number of amides is 1. The number of hydrogen-bond acceptors (Lipinski definition) is 3. The molecule has 1 aromatic heterocycles. The number of rotatable bonds is 9. The summed E-state index contributed by atoms with van der Waals surface area (Å²) in [6, 6.07) is 10.2. The summed E-state index contributed by atoms with van der Waals surface area (Å²) < 4.78 is 5.09. The first-order valence-corrected chi connectivity index (χ1v) is 9.18. The molecule has 0 fully saturated rings. The number of H-pyrrole nitrogens is 1. The first kappa shape index (κ1) is 19.8. The Morgan fingerprint density at radius 3 is 2.54 bits per heavy atom. The molecule has 0 saturated heterocycles. The molecule has 0 aliphatic rings. The van der Waals surface area contributed by atoms with Gasteiger partial charge in [0, 0.05) is 24.4 Å². The van der Waals surface area contributed by atoms with Gasteiger partial charge in [-0.15, -0.1) is 0 Å². The molecule has 5 heteroatoms. The van der Waals surface area contributed by atoms with E-state index in [1.807, 2.05) is 32.0 Å². The molecule has 1 heterocycles. The van der Waals surface area contributed by atoms with Gasteiger partial charge in [-0.05, 0) is 51.2 Å². The molecule has 2 rings (SSSR count). The van der Waals surface area contributed by atoms with Crippen molar-refractivity contribution < 1.29 is 14.3 Å². The minimum absolute atomic E-state index is 0.0300. The molecule has 0 aliphatic carbocycles. The second-order valence-electron chi connectivity index (χ2n) is 6.39. The number of carbonyl (C=O) groups is 2. The summed E-state index contributed by atoms with van der Waals surface area (Å²) in [4.78, 5) is 27.3. The van der Waals surface area contributed by atoms with Crippen molar-refractivity contribution in [3.8, 4) is 0 Å². The van der Waals surface area contributed by atoms with Gasteiger partial charge in [-0.1, -0.05) is 30.3 Å². The van der Waals surface area contributed by atoms with Crippen LogP contribution in [0.2, 0.25) is 0 Å². The van der Waals surface area contributed by atoms with Gasteiger partial charge in [0.05, 0.1) is 12.2 Å². The zero-order chi connectivity index (χ0) is 18.9. The van der Waals surface area contributed by atoms with Crippen molar-refractivity contribution in [2.45, 2.75) is 46.5 Å². The first-order valence-electron chi connectivity index (χ1n) is 9.18. The van der Waals surface area contributed by atoms with Crippen LogP contribution < -0.4 is 5.32 Å². The maximum Gasteiger partial charge on any atom is 0.340 e. The lowest BCUT2D eigenvalue weighted by Gasteiger charge is -2.06. The van der Waals surface area contributed by atoms with Crippen molar-refractivity contribution in [3.63, 3.8) is 0 Å². The van der Waals surface area contributed by atoms with Crippen LogP contribution in [0.25, 0.3) is 0 Å². The highest BCUT2D eigenvalue weighted by Crippen LogP contribution is 2.20. The van der Waals surface area contributed by atoms with Gasteiger partial charge in [-0.2, -0.15) is 0 Å². The lowest BCUT2D eigenvalue weighted by atomic mass is 10.1. The average molecular weight is 356 g/mol. The fourth-order valence-electron chi connectivity index (χ4n) is 3.07. The largest absolute Gasteiger partial charge is 0.462 e. The summed E-state index contributed by atoms with van der Waals surface area (Å²) in [5.41, 5.74) is 4.46. The smallest absolute Gasteiger partial charge is 0.340 e. The van der Waals surface area contributed by atoms with Gasteiger partial charge in [-0.3, -0.25) is 4.79 Å². The van der Waals surface area contributed by atoms with Crippen molar-refractivity contribution in [1.82, 2.24) is 10.3 Å². The molecule has 0 atom stereocenters. The SMILES string of the molecule is CCOC(=O)c1c(C)[nH]c(CCC(=O)NCCCc2ccccc2)c1C. The average Bonchev–Trinajstić information content (AvgIpc) is 2.91. The van der Waals surface area contributed by atoms with E-state index in [0.29, 0.717) is 31.6 Å². The summed E-state index contributed by atoms with van der Waals surface area (Å²) in [6.45, 7) is 6.56. The third-order valence-corrected chi connectivity index (χ3v) is 4.43. The highest BCUT2D eigenvalue weighted by Gasteiger charge is 2.19. The van der Waals surface area contributed by atoms with Crippen molar-refractivity contribution in [2.24, 2.45) is 0 Å². The Labute approximate surface area is 155 Å². The van der Waals surface area contributed by atoms with Crippen LogP contribution in [0, 0.1) is 13.8 Å². The zero-order valence-corrected chi connectivity index (χ0v) is 15.9. The lowest BCUT2D eigenvalue weighted by molar-refractivity contribution is -0.121. The van der Waals surface area contributed by atoms with Crippen molar-refractivity contribution in [3.05, 3.63) is 58.4 Å². The van der Waals surface area contributed by atoms with E-state index in [-0.39, 0.29) is 11.9 Å². The molecular formula is C21H28N2O3. The molecule has 140 valence electrons. The molecule has 1 aromatic carbocycles. The van der Waals surface area contributed by atoms with Crippen LogP contribution in [0.5, 0.6) is 0 Å². The summed E-state index contributed by atoms with van der Waals surface area (Å²) in [5, 5.41) is 2.96. The molecule has 2 N–H and O–H groups in total. The van der Waals surface area contributed by atoms with E-state index in [9.17, 15) is 9.59 Å². The minimum Gasteiger partial charge on any atom is -0.462 e. The van der Waals surface area contributed by atoms with Gasteiger partial charge in [0.2, 0.25) is 5.91 Å². The van der Waals surface area contributed by atoms with Gasteiger partial charge in [0.25, 0.3) is 0 Å². The normalized spacial score (nSPS) is 10.6.